The van der Waals surface area contributed by atoms with Crippen LogP contribution in [0.4, 0.5) is 4.79 Å². The summed E-state index contributed by atoms with van der Waals surface area (Å²) in [5.41, 5.74) is 3.41. The van der Waals surface area contributed by atoms with E-state index in [4.69, 9.17) is 23.7 Å². The summed E-state index contributed by atoms with van der Waals surface area (Å²) in [5.74, 6) is 2.08. The van der Waals surface area contributed by atoms with Crippen molar-refractivity contribution in [1.29, 1.82) is 0 Å². The number of carbonyl (C=O) groups is 2. The van der Waals surface area contributed by atoms with Gasteiger partial charge in [0.25, 0.3) is 5.91 Å². The molecule has 1 aromatic carbocycles. The maximum Gasteiger partial charge on any atom is 0.410 e. The van der Waals surface area contributed by atoms with Gasteiger partial charge in [0, 0.05) is 38.3 Å². The molecule has 4 rings (SSSR count). The lowest BCUT2D eigenvalue weighted by molar-refractivity contribution is 0.0220. The smallest absolute Gasteiger partial charge is 0.410 e. The van der Waals surface area contributed by atoms with Gasteiger partial charge in [-0.15, -0.1) is 0 Å². The number of ether oxygens (including phenoxy) is 3. The molecule has 0 atom stereocenters. The topological polar surface area (TPSA) is 121 Å². The van der Waals surface area contributed by atoms with Crippen LogP contribution in [-0.4, -0.2) is 63.5 Å². The van der Waals surface area contributed by atoms with Gasteiger partial charge in [-0.05, 0) is 58.1 Å². The van der Waals surface area contributed by atoms with Gasteiger partial charge in [-0.3, -0.25) is 4.79 Å². The summed E-state index contributed by atoms with van der Waals surface area (Å²) in [7, 11) is 1.92. The molecule has 0 saturated heterocycles. The molecule has 1 aliphatic rings. The van der Waals surface area contributed by atoms with Crippen molar-refractivity contribution >= 4 is 12.0 Å². The van der Waals surface area contributed by atoms with Crippen LogP contribution in [0.25, 0.3) is 22.7 Å². The number of rotatable bonds is 13. The number of benzene rings is 1. The van der Waals surface area contributed by atoms with Crippen molar-refractivity contribution in [2.75, 3.05) is 26.3 Å². The predicted octanol–water partition coefficient (Wildman–Crippen LogP) is 7.27. The van der Waals surface area contributed by atoms with E-state index in [2.05, 4.69) is 38.2 Å². The fourth-order valence-corrected chi connectivity index (χ4v) is 5.42. The maximum atomic E-state index is 13.4. The summed E-state index contributed by atoms with van der Waals surface area (Å²) in [6.07, 6.45) is 4.04. The lowest BCUT2D eigenvalue weighted by atomic mass is 9.96. The first-order valence-corrected chi connectivity index (χ1v) is 16.6. The molecule has 0 bridgehead atoms. The Morgan fingerprint density at radius 1 is 1.04 bits per heavy atom. The van der Waals surface area contributed by atoms with Crippen LogP contribution in [0.1, 0.15) is 114 Å². The van der Waals surface area contributed by atoms with Gasteiger partial charge in [0.2, 0.25) is 0 Å². The van der Waals surface area contributed by atoms with Crippen molar-refractivity contribution in [3.8, 4) is 34.2 Å². The molecule has 11 nitrogen and oxygen atoms in total. The van der Waals surface area contributed by atoms with E-state index in [-0.39, 0.29) is 23.6 Å². The van der Waals surface area contributed by atoms with E-state index in [9.17, 15) is 9.59 Å². The molecule has 0 spiro atoms. The Labute approximate surface area is 273 Å². The summed E-state index contributed by atoms with van der Waals surface area (Å²) in [4.78, 5) is 33.0. The molecule has 46 heavy (non-hydrogen) atoms. The summed E-state index contributed by atoms with van der Waals surface area (Å²) in [6, 6.07) is 3.97. The zero-order chi connectivity index (χ0) is 33.6. The number of aromatic nitrogens is 3. The van der Waals surface area contributed by atoms with Gasteiger partial charge in [0.1, 0.15) is 22.9 Å². The second-order valence-corrected chi connectivity index (χ2v) is 13.1. The standard InChI is InChI=1S/C35H51N5O6/c1-10-13-17-43-27-20-28(44-18-14-11-2)24(19-23(27)22(4)5)31-29(30(38-46-31)33(41)36-12-3)32-37-25-21-40(16-15-26(25)39(32)9)34(42)45-35(6,7)8/h19-20,22H,10-18,21H2,1-9H3,(H,36,41). The number of fused-ring (bicyclic) bond motifs is 1. The Hall–Kier alpha value is -4.02. The van der Waals surface area contributed by atoms with Gasteiger partial charge < -0.3 is 33.5 Å². The number of imidazole rings is 1. The number of nitrogens with one attached hydrogen (secondary N) is 1. The SMILES string of the molecule is CCCCOc1cc(OCCCC)c(C(C)C)cc1-c1onc(C(=O)NCC)c1-c1nc2c(n1C)CCN(C(=O)OC(C)(C)C)C2. The minimum atomic E-state index is -0.603. The van der Waals surface area contributed by atoms with Crippen molar-refractivity contribution in [2.45, 2.75) is 106 Å². The molecule has 3 aromatic rings. The Morgan fingerprint density at radius 2 is 1.72 bits per heavy atom. The number of amides is 2. The van der Waals surface area contributed by atoms with Crippen LogP contribution in [0, 0.1) is 0 Å². The van der Waals surface area contributed by atoms with Crippen LogP contribution in [0.2, 0.25) is 0 Å². The zero-order valence-corrected chi connectivity index (χ0v) is 29.0. The molecule has 0 saturated carbocycles. The number of hydrogen-bond acceptors (Lipinski definition) is 8. The van der Waals surface area contributed by atoms with E-state index in [0.29, 0.717) is 67.7 Å². The van der Waals surface area contributed by atoms with Crippen LogP contribution >= 0.6 is 0 Å². The quantitative estimate of drug-likeness (QED) is 0.194. The fraction of sp³-hybridized carbons (Fsp3) is 0.600. The lowest BCUT2D eigenvalue weighted by Gasteiger charge is -2.29. The highest BCUT2D eigenvalue weighted by atomic mass is 16.6. The predicted molar refractivity (Wildman–Crippen MR) is 177 cm³/mol. The Bertz CT molecular complexity index is 1520. The molecule has 252 valence electrons. The maximum absolute atomic E-state index is 13.4. The highest BCUT2D eigenvalue weighted by Crippen LogP contribution is 2.44. The average molecular weight is 638 g/mol. The molecule has 0 radical (unpaired) electrons. The summed E-state index contributed by atoms with van der Waals surface area (Å²) >= 11 is 0. The molecule has 11 heteroatoms. The largest absolute Gasteiger partial charge is 0.493 e. The number of carbonyl (C=O) groups excluding carboxylic acids is 2. The van der Waals surface area contributed by atoms with Gasteiger partial charge in [0.05, 0.1) is 36.6 Å². The molecule has 3 heterocycles. The third-order valence-corrected chi connectivity index (χ3v) is 7.87. The van der Waals surface area contributed by atoms with Crippen molar-refractivity contribution in [1.82, 2.24) is 24.9 Å². The molecule has 2 amide bonds. The normalized spacial score (nSPS) is 13.1. The van der Waals surface area contributed by atoms with Crippen LogP contribution in [0.15, 0.2) is 16.7 Å². The first-order valence-electron chi connectivity index (χ1n) is 16.6. The van der Waals surface area contributed by atoms with Crippen molar-refractivity contribution in [3.63, 3.8) is 0 Å². The van der Waals surface area contributed by atoms with Gasteiger partial charge in [-0.1, -0.05) is 45.7 Å². The van der Waals surface area contributed by atoms with Crippen molar-refractivity contribution in [3.05, 3.63) is 34.8 Å². The first kappa shape index (κ1) is 34.8. The summed E-state index contributed by atoms with van der Waals surface area (Å²) in [6.45, 7) is 18.2. The molecular weight excluding hydrogens is 586 g/mol. The minimum Gasteiger partial charge on any atom is -0.493 e. The van der Waals surface area contributed by atoms with Crippen molar-refractivity contribution < 1.29 is 28.3 Å². The number of unbranched alkanes of at least 4 members (excludes halogenated alkanes) is 2. The highest BCUT2D eigenvalue weighted by Gasteiger charge is 2.34. The minimum absolute atomic E-state index is 0.139. The third kappa shape index (κ3) is 7.85. The Balaban J connectivity index is 1.88. The molecular formula is C35H51N5O6. The van der Waals surface area contributed by atoms with E-state index >= 15 is 0 Å². The van der Waals surface area contributed by atoms with Crippen LogP contribution in [-0.2, 0) is 24.8 Å². The van der Waals surface area contributed by atoms with Gasteiger partial charge >= 0.3 is 6.09 Å². The summed E-state index contributed by atoms with van der Waals surface area (Å²) < 4.78 is 26.3. The molecule has 1 N–H and O–H groups in total. The average Bonchev–Trinajstić information content (AvgIpc) is 3.57. The monoisotopic (exact) mass is 637 g/mol. The van der Waals surface area contributed by atoms with Gasteiger partial charge in [-0.2, -0.15) is 0 Å². The lowest BCUT2D eigenvalue weighted by Crippen LogP contribution is -2.40. The number of nitrogens with zero attached hydrogens (tertiary/aromatic N) is 4. The Morgan fingerprint density at radius 3 is 2.33 bits per heavy atom. The summed E-state index contributed by atoms with van der Waals surface area (Å²) in [5, 5.41) is 7.17. The molecule has 1 aliphatic heterocycles. The van der Waals surface area contributed by atoms with Crippen molar-refractivity contribution in [2.24, 2.45) is 7.05 Å². The second-order valence-electron chi connectivity index (χ2n) is 13.1. The molecule has 0 aliphatic carbocycles. The van der Waals surface area contributed by atoms with Gasteiger partial charge in [0.15, 0.2) is 11.5 Å². The van der Waals surface area contributed by atoms with Crippen LogP contribution in [0.3, 0.4) is 0 Å². The molecule has 0 fully saturated rings. The van der Waals surface area contributed by atoms with E-state index in [1.807, 2.05) is 51.4 Å². The van der Waals surface area contributed by atoms with Crippen LogP contribution in [0.5, 0.6) is 11.5 Å². The molecule has 2 aromatic heterocycles. The van der Waals surface area contributed by atoms with E-state index < -0.39 is 5.60 Å². The first-order chi connectivity index (χ1) is 21.9. The van der Waals surface area contributed by atoms with E-state index in [1.165, 1.54) is 0 Å². The zero-order valence-electron chi connectivity index (χ0n) is 29.0. The van der Waals surface area contributed by atoms with E-state index in [0.717, 1.165) is 48.4 Å². The third-order valence-electron chi connectivity index (χ3n) is 7.87. The second kappa shape index (κ2) is 15.0. The number of hydrogen-bond donors (Lipinski definition) is 1. The van der Waals surface area contributed by atoms with E-state index in [1.54, 1.807) is 4.90 Å². The van der Waals surface area contributed by atoms with Crippen LogP contribution < -0.4 is 14.8 Å². The fourth-order valence-electron chi connectivity index (χ4n) is 5.42. The molecule has 0 unspecified atom stereocenters. The Kier molecular flexibility index (Phi) is 11.4. The van der Waals surface area contributed by atoms with Gasteiger partial charge in [-0.25, -0.2) is 9.78 Å². The highest BCUT2D eigenvalue weighted by molar-refractivity contribution is 6.01.